The third-order valence-corrected chi connectivity index (χ3v) is 3.77. The Morgan fingerprint density at radius 1 is 1.22 bits per heavy atom. The summed E-state index contributed by atoms with van der Waals surface area (Å²) >= 11 is 1.27. The average Bonchev–Trinajstić information content (AvgIpc) is 2.93. The molecule has 0 aliphatic carbocycles. The summed E-state index contributed by atoms with van der Waals surface area (Å²) in [5, 5.41) is 0.869. The fraction of sp³-hybridized carbons (Fsp3) is 0.0714. The molecule has 0 fully saturated rings. The number of aryl methyl sites for hydroxylation is 1. The molecule has 3 rings (SSSR count). The van der Waals surface area contributed by atoms with Crippen LogP contribution in [0.3, 0.4) is 0 Å². The molecule has 0 aliphatic rings. The Bertz CT molecular complexity index is 739. The topological polar surface area (TPSA) is 30.2 Å². The molecule has 0 saturated carbocycles. The first-order valence-electron chi connectivity index (χ1n) is 5.44. The largest absolute Gasteiger partial charge is 0.458 e. The first-order chi connectivity index (χ1) is 8.63. The molecule has 0 bridgehead atoms. The fourth-order valence-corrected chi connectivity index (χ4v) is 2.83. The molecule has 90 valence electrons. The van der Waals surface area contributed by atoms with E-state index in [4.69, 9.17) is 4.42 Å². The van der Waals surface area contributed by atoms with Crippen LogP contribution in [0.4, 0.5) is 4.39 Å². The number of carbonyl (C=O) groups excluding carboxylic acids is 1. The number of ketones is 1. The molecule has 0 radical (unpaired) electrons. The highest BCUT2D eigenvalue weighted by Gasteiger charge is 2.16. The van der Waals surface area contributed by atoms with E-state index < -0.39 is 0 Å². The van der Waals surface area contributed by atoms with Gasteiger partial charge in [-0.1, -0.05) is 6.07 Å². The standard InChI is InChI=1S/C14H9FO2S/c1-8-2-5-11(17-8)14(16)13-6-9-3-4-10(15)7-12(9)18-13/h2-7H,1H3. The SMILES string of the molecule is Cc1ccc(C(=O)c2cc3ccc(F)cc3s2)o1. The van der Waals surface area contributed by atoms with Crippen LogP contribution in [0.25, 0.3) is 10.1 Å². The van der Waals surface area contributed by atoms with Gasteiger partial charge in [-0.05, 0) is 42.6 Å². The molecule has 0 spiro atoms. The Balaban J connectivity index is 2.06. The summed E-state index contributed by atoms with van der Waals surface area (Å²) in [5.74, 6) is 0.562. The molecule has 2 heterocycles. The van der Waals surface area contributed by atoms with Gasteiger partial charge in [0.05, 0.1) is 4.88 Å². The second kappa shape index (κ2) is 4.07. The zero-order valence-electron chi connectivity index (χ0n) is 9.57. The zero-order chi connectivity index (χ0) is 12.7. The maximum Gasteiger partial charge on any atom is 0.238 e. The molecule has 0 unspecified atom stereocenters. The van der Waals surface area contributed by atoms with Crippen LogP contribution in [-0.4, -0.2) is 5.78 Å². The quantitative estimate of drug-likeness (QED) is 0.647. The van der Waals surface area contributed by atoms with Crippen molar-refractivity contribution in [3.05, 3.63) is 58.6 Å². The molecule has 4 heteroatoms. The third-order valence-electron chi connectivity index (χ3n) is 2.67. The highest BCUT2D eigenvalue weighted by molar-refractivity contribution is 7.21. The smallest absolute Gasteiger partial charge is 0.238 e. The molecule has 0 saturated heterocycles. The van der Waals surface area contributed by atoms with Crippen molar-refractivity contribution in [3.8, 4) is 0 Å². The lowest BCUT2D eigenvalue weighted by Crippen LogP contribution is -1.95. The lowest BCUT2D eigenvalue weighted by molar-refractivity contribution is 0.101. The maximum absolute atomic E-state index is 13.1. The normalized spacial score (nSPS) is 11.0. The number of carbonyl (C=O) groups is 1. The Kier molecular flexibility index (Phi) is 2.52. The minimum absolute atomic E-state index is 0.162. The fourth-order valence-electron chi connectivity index (χ4n) is 1.79. The van der Waals surface area contributed by atoms with Gasteiger partial charge in [0.15, 0.2) is 5.76 Å². The van der Waals surface area contributed by atoms with E-state index in [0.717, 1.165) is 10.1 Å². The number of halogens is 1. The van der Waals surface area contributed by atoms with Crippen LogP contribution in [0.5, 0.6) is 0 Å². The van der Waals surface area contributed by atoms with Crippen molar-refractivity contribution in [1.82, 2.24) is 0 Å². The van der Waals surface area contributed by atoms with E-state index in [9.17, 15) is 9.18 Å². The Hall–Kier alpha value is -1.94. The number of fused-ring (bicyclic) bond motifs is 1. The first-order valence-corrected chi connectivity index (χ1v) is 6.25. The number of thiophene rings is 1. The van der Waals surface area contributed by atoms with Crippen molar-refractivity contribution in [2.24, 2.45) is 0 Å². The van der Waals surface area contributed by atoms with E-state index >= 15 is 0 Å². The van der Waals surface area contributed by atoms with E-state index in [1.54, 1.807) is 31.2 Å². The minimum Gasteiger partial charge on any atom is -0.458 e. The molecule has 2 nitrogen and oxygen atoms in total. The predicted octanol–water partition coefficient (Wildman–Crippen LogP) is 4.17. The van der Waals surface area contributed by atoms with Crippen molar-refractivity contribution in [1.29, 1.82) is 0 Å². The molecule has 0 atom stereocenters. The molecule has 3 aromatic rings. The van der Waals surface area contributed by atoms with Crippen LogP contribution in [0.1, 0.15) is 21.2 Å². The van der Waals surface area contributed by atoms with Gasteiger partial charge in [0.25, 0.3) is 0 Å². The number of rotatable bonds is 2. The van der Waals surface area contributed by atoms with Crippen LogP contribution < -0.4 is 0 Å². The van der Waals surface area contributed by atoms with Crippen molar-refractivity contribution >= 4 is 27.2 Å². The van der Waals surface area contributed by atoms with Crippen LogP contribution in [0.15, 0.2) is 40.8 Å². The van der Waals surface area contributed by atoms with E-state index in [0.29, 0.717) is 16.4 Å². The zero-order valence-corrected chi connectivity index (χ0v) is 10.4. The van der Waals surface area contributed by atoms with Gasteiger partial charge in [0.1, 0.15) is 11.6 Å². The summed E-state index contributed by atoms with van der Waals surface area (Å²) in [5.41, 5.74) is 0. The monoisotopic (exact) mass is 260 g/mol. The number of furan rings is 1. The van der Waals surface area contributed by atoms with Gasteiger partial charge in [0, 0.05) is 4.70 Å². The summed E-state index contributed by atoms with van der Waals surface area (Å²) in [6.45, 7) is 1.79. The van der Waals surface area contributed by atoms with Gasteiger partial charge in [-0.15, -0.1) is 11.3 Å². The van der Waals surface area contributed by atoms with Crippen molar-refractivity contribution in [2.45, 2.75) is 6.92 Å². The van der Waals surface area contributed by atoms with Gasteiger partial charge < -0.3 is 4.42 Å². The third kappa shape index (κ3) is 1.84. The summed E-state index contributed by atoms with van der Waals surface area (Å²) in [6.07, 6.45) is 0. The predicted molar refractivity (Wildman–Crippen MR) is 68.7 cm³/mol. The van der Waals surface area contributed by atoms with Crippen LogP contribution in [0.2, 0.25) is 0 Å². The summed E-state index contributed by atoms with van der Waals surface area (Å²) in [4.78, 5) is 12.7. The van der Waals surface area contributed by atoms with Gasteiger partial charge in [0.2, 0.25) is 5.78 Å². The second-order valence-corrected chi connectivity index (χ2v) is 5.12. The van der Waals surface area contributed by atoms with Gasteiger partial charge in [-0.2, -0.15) is 0 Å². The Morgan fingerprint density at radius 3 is 2.78 bits per heavy atom. The molecule has 0 aliphatic heterocycles. The Labute approximate surface area is 107 Å². The average molecular weight is 260 g/mol. The summed E-state index contributed by atoms with van der Waals surface area (Å²) < 4.78 is 19.1. The van der Waals surface area contributed by atoms with Crippen molar-refractivity contribution in [3.63, 3.8) is 0 Å². The molecular weight excluding hydrogens is 251 g/mol. The van der Waals surface area contributed by atoms with Crippen LogP contribution in [0, 0.1) is 12.7 Å². The Morgan fingerprint density at radius 2 is 2.06 bits per heavy atom. The lowest BCUT2D eigenvalue weighted by atomic mass is 10.2. The molecule has 18 heavy (non-hydrogen) atoms. The van der Waals surface area contributed by atoms with Gasteiger partial charge in [-0.25, -0.2) is 4.39 Å². The molecule has 0 N–H and O–H groups in total. The first kappa shape index (κ1) is 11.2. The van der Waals surface area contributed by atoms with Crippen molar-refractivity contribution in [2.75, 3.05) is 0 Å². The van der Waals surface area contributed by atoms with E-state index in [2.05, 4.69) is 0 Å². The highest BCUT2D eigenvalue weighted by atomic mass is 32.1. The number of benzene rings is 1. The van der Waals surface area contributed by atoms with E-state index in [1.807, 2.05) is 0 Å². The molecule has 2 aromatic heterocycles. The minimum atomic E-state index is -0.294. The molecule has 1 aromatic carbocycles. The van der Waals surface area contributed by atoms with Crippen LogP contribution in [-0.2, 0) is 0 Å². The summed E-state index contributed by atoms with van der Waals surface area (Å²) in [6, 6.07) is 9.67. The maximum atomic E-state index is 13.1. The lowest BCUT2D eigenvalue weighted by Gasteiger charge is -1.91. The van der Waals surface area contributed by atoms with Gasteiger partial charge >= 0.3 is 0 Å². The van der Waals surface area contributed by atoms with Crippen molar-refractivity contribution < 1.29 is 13.6 Å². The second-order valence-electron chi connectivity index (χ2n) is 4.03. The molecular formula is C14H9FO2S. The highest BCUT2D eigenvalue weighted by Crippen LogP contribution is 2.28. The number of hydrogen-bond acceptors (Lipinski definition) is 3. The van der Waals surface area contributed by atoms with E-state index in [1.165, 1.54) is 23.5 Å². The van der Waals surface area contributed by atoms with E-state index in [-0.39, 0.29) is 11.6 Å². The van der Waals surface area contributed by atoms with Gasteiger partial charge in [-0.3, -0.25) is 4.79 Å². The molecule has 0 amide bonds. The summed E-state index contributed by atoms with van der Waals surface area (Å²) in [7, 11) is 0. The van der Waals surface area contributed by atoms with Crippen LogP contribution >= 0.6 is 11.3 Å². The number of hydrogen-bond donors (Lipinski definition) is 0.